The maximum atomic E-state index is 11.9. The molecule has 0 amide bonds. The lowest BCUT2D eigenvalue weighted by Crippen LogP contribution is -2.16. The van der Waals surface area contributed by atoms with Gasteiger partial charge in [-0.05, 0) is 95.2 Å². The van der Waals surface area contributed by atoms with Gasteiger partial charge in [-0.25, -0.2) is 4.79 Å². The molecule has 0 radical (unpaired) electrons. The van der Waals surface area contributed by atoms with Crippen LogP contribution in [0.25, 0.3) is 21.9 Å². The number of ether oxygens (including phenoxy) is 1. The van der Waals surface area contributed by atoms with Crippen molar-refractivity contribution in [2.75, 3.05) is 13.7 Å². The van der Waals surface area contributed by atoms with E-state index in [4.69, 9.17) is 4.74 Å². The van der Waals surface area contributed by atoms with E-state index in [-0.39, 0.29) is 12.4 Å². The van der Waals surface area contributed by atoms with Gasteiger partial charge in [0, 0.05) is 6.54 Å². The molecule has 0 aliphatic carbocycles. The Hall–Kier alpha value is -3.34. The van der Waals surface area contributed by atoms with Crippen LogP contribution in [-0.2, 0) is 13.0 Å². The van der Waals surface area contributed by atoms with E-state index in [1.165, 1.54) is 11.1 Å². The van der Waals surface area contributed by atoms with Crippen LogP contribution >= 0.6 is 12.4 Å². The SMILES string of the molecule is COc1cccc(CCNCc2cc(-c3ccc(C)c(C(=O)O)c3C)c3ccccc3c2)c1.Cl. The Balaban J connectivity index is 0.00000324. The van der Waals surface area contributed by atoms with Crippen molar-refractivity contribution in [3.63, 3.8) is 0 Å². The Morgan fingerprint density at radius 3 is 2.47 bits per heavy atom. The van der Waals surface area contributed by atoms with E-state index in [0.717, 1.165) is 58.3 Å². The number of fused-ring (bicyclic) bond motifs is 1. The van der Waals surface area contributed by atoms with Crippen LogP contribution < -0.4 is 10.1 Å². The van der Waals surface area contributed by atoms with E-state index in [1.807, 2.05) is 50.2 Å². The molecule has 0 heterocycles. The fourth-order valence-electron chi connectivity index (χ4n) is 4.46. The third kappa shape index (κ3) is 5.41. The molecular formula is C29H30ClNO3. The molecule has 0 saturated heterocycles. The molecule has 4 aromatic carbocycles. The standard InChI is InChI=1S/C29H29NO3.ClH/c1-19-11-12-25(20(2)28(19)29(31)32)27-17-22(15-23-8-4-5-10-26(23)27)18-30-14-13-21-7-6-9-24(16-21)33-3;/h4-12,15-17,30H,13-14,18H2,1-3H3,(H,31,32);1H. The molecule has 0 aromatic heterocycles. The summed E-state index contributed by atoms with van der Waals surface area (Å²) < 4.78 is 5.31. The number of rotatable bonds is 8. The number of methoxy groups -OCH3 is 1. The number of aryl methyl sites for hydroxylation is 1. The molecule has 0 bridgehead atoms. The zero-order valence-corrected chi connectivity index (χ0v) is 20.5. The molecule has 0 unspecified atom stereocenters. The lowest BCUT2D eigenvalue weighted by molar-refractivity contribution is 0.0695. The van der Waals surface area contributed by atoms with Gasteiger partial charge in [0.25, 0.3) is 0 Å². The van der Waals surface area contributed by atoms with Gasteiger partial charge in [0.2, 0.25) is 0 Å². The van der Waals surface area contributed by atoms with Crippen LogP contribution in [0.15, 0.2) is 72.8 Å². The lowest BCUT2D eigenvalue weighted by atomic mass is 9.89. The number of benzene rings is 4. The summed E-state index contributed by atoms with van der Waals surface area (Å²) in [5.74, 6) is -0.00705. The highest BCUT2D eigenvalue weighted by Crippen LogP contribution is 2.34. The summed E-state index contributed by atoms with van der Waals surface area (Å²) in [6.45, 7) is 5.33. The average molecular weight is 476 g/mol. The van der Waals surface area contributed by atoms with Crippen LogP contribution in [0.2, 0.25) is 0 Å². The van der Waals surface area contributed by atoms with Crippen molar-refractivity contribution < 1.29 is 14.6 Å². The highest BCUT2D eigenvalue weighted by atomic mass is 35.5. The fourth-order valence-corrected chi connectivity index (χ4v) is 4.46. The summed E-state index contributed by atoms with van der Waals surface area (Å²) in [5.41, 5.74) is 6.41. The first-order valence-corrected chi connectivity index (χ1v) is 11.2. The number of hydrogen-bond donors (Lipinski definition) is 2. The maximum absolute atomic E-state index is 11.9. The van der Waals surface area contributed by atoms with Crippen molar-refractivity contribution in [2.45, 2.75) is 26.8 Å². The number of carboxylic acids is 1. The molecular weight excluding hydrogens is 446 g/mol. The number of nitrogens with one attached hydrogen (secondary N) is 1. The average Bonchev–Trinajstić information content (AvgIpc) is 2.81. The first kappa shape index (κ1) is 25.3. The molecule has 0 atom stereocenters. The van der Waals surface area contributed by atoms with Gasteiger partial charge in [0.05, 0.1) is 12.7 Å². The Morgan fingerprint density at radius 2 is 1.71 bits per heavy atom. The largest absolute Gasteiger partial charge is 0.497 e. The van der Waals surface area contributed by atoms with E-state index in [1.54, 1.807) is 7.11 Å². The lowest BCUT2D eigenvalue weighted by Gasteiger charge is -2.16. The molecule has 4 nitrogen and oxygen atoms in total. The van der Waals surface area contributed by atoms with E-state index < -0.39 is 5.97 Å². The Labute approximate surface area is 207 Å². The molecule has 0 spiro atoms. The zero-order valence-electron chi connectivity index (χ0n) is 19.7. The predicted octanol–water partition coefficient (Wildman–Crippen LogP) is 6.58. The summed E-state index contributed by atoms with van der Waals surface area (Å²) in [5, 5.41) is 15.6. The molecule has 34 heavy (non-hydrogen) atoms. The number of aromatic carboxylic acids is 1. The third-order valence-electron chi connectivity index (χ3n) is 6.15. The molecule has 4 rings (SSSR count). The number of halogens is 1. The van der Waals surface area contributed by atoms with Crippen LogP contribution in [-0.4, -0.2) is 24.7 Å². The van der Waals surface area contributed by atoms with Crippen LogP contribution in [0.4, 0.5) is 0 Å². The minimum absolute atomic E-state index is 0. The van der Waals surface area contributed by atoms with E-state index in [0.29, 0.717) is 5.56 Å². The van der Waals surface area contributed by atoms with Gasteiger partial charge in [0.1, 0.15) is 5.75 Å². The summed E-state index contributed by atoms with van der Waals surface area (Å²) in [6, 6.07) is 24.8. The molecule has 0 saturated carbocycles. The van der Waals surface area contributed by atoms with E-state index in [9.17, 15) is 9.90 Å². The Bertz CT molecular complexity index is 1320. The first-order valence-electron chi connectivity index (χ1n) is 11.2. The van der Waals surface area contributed by atoms with E-state index >= 15 is 0 Å². The van der Waals surface area contributed by atoms with Gasteiger partial charge in [-0.2, -0.15) is 0 Å². The highest BCUT2D eigenvalue weighted by molar-refractivity contribution is 6.00. The van der Waals surface area contributed by atoms with Crippen LogP contribution in [0.1, 0.15) is 32.6 Å². The molecule has 2 N–H and O–H groups in total. The van der Waals surface area contributed by atoms with Gasteiger partial charge in [0.15, 0.2) is 0 Å². The smallest absolute Gasteiger partial charge is 0.336 e. The second kappa shape index (κ2) is 11.2. The van der Waals surface area contributed by atoms with Gasteiger partial charge in [-0.1, -0.05) is 48.5 Å². The quantitative estimate of drug-likeness (QED) is 0.282. The van der Waals surface area contributed by atoms with Crippen LogP contribution in [0, 0.1) is 13.8 Å². The number of hydrogen-bond acceptors (Lipinski definition) is 3. The Kier molecular flexibility index (Phi) is 8.32. The van der Waals surface area contributed by atoms with Gasteiger partial charge < -0.3 is 15.2 Å². The summed E-state index contributed by atoms with van der Waals surface area (Å²) >= 11 is 0. The molecule has 176 valence electrons. The fraction of sp³-hybridized carbons (Fsp3) is 0.207. The first-order chi connectivity index (χ1) is 16.0. The topological polar surface area (TPSA) is 58.6 Å². The maximum Gasteiger partial charge on any atom is 0.336 e. The van der Waals surface area contributed by atoms with Gasteiger partial charge in [-0.3, -0.25) is 0 Å². The summed E-state index contributed by atoms with van der Waals surface area (Å²) in [4.78, 5) is 11.9. The molecule has 5 heteroatoms. The van der Waals surface area contributed by atoms with Crippen molar-refractivity contribution in [3.8, 4) is 16.9 Å². The summed E-state index contributed by atoms with van der Waals surface area (Å²) in [7, 11) is 1.68. The van der Waals surface area contributed by atoms with Crippen LogP contribution in [0.3, 0.4) is 0 Å². The molecule has 4 aromatic rings. The second-order valence-corrected chi connectivity index (χ2v) is 8.38. The van der Waals surface area contributed by atoms with Gasteiger partial charge >= 0.3 is 5.97 Å². The zero-order chi connectivity index (χ0) is 23.4. The van der Waals surface area contributed by atoms with Crippen molar-refractivity contribution in [1.82, 2.24) is 5.32 Å². The third-order valence-corrected chi connectivity index (χ3v) is 6.15. The van der Waals surface area contributed by atoms with Crippen molar-refractivity contribution in [1.29, 1.82) is 0 Å². The number of carbonyl (C=O) groups is 1. The molecule has 0 fully saturated rings. The van der Waals surface area contributed by atoms with Crippen molar-refractivity contribution in [3.05, 3.63) is 101 Å². The molecule has 0 aliphatic heterocycles. The second-order valence-electron chi connectivity index (χ2n) is 8.38. The van der Waals surface area contributed by atoms with Crippen LogP contribution in [0.5, 0.6) is 5.75 Å². The van der Waals surface area contributed by atoms with E-state index in [2.05, 4.69) is 41.7 Å². The predicted molar refractivity (Wildman–Crippen MR) is 141 cm³/mol. The normalized spacial score (nSPS) is 10.7. The van der Waals surface area contributed by atoms with Gasteiger partial charge in [-0.15, -0.1) is 12.4 Å². The monoisotopic (exact) mass is 475 g/mol. The number of carboxylic acid groups (broad SMARTS) is 1. The van der Waals surface area contributed by atoms with Crippen molar-refractivity contribution >= 4 is 29.1 Å². The minimum atomic E-state index is -0.883. The highest BCUT2D eigenvalue weighted by Gasteiger charge is 2.16. The van der Waals surface area contributed by atoms with Crippen molar-refractivity contribution in [2.24, 2.45) is 0 Å². The Morgan fingerprint density at radius 1 is 0.912 bits per heavy atom. The molecule has 0 aliphatic rings. The minimum Gasteiger partial charge on any atom is -0.497 e. The summed E-state index contributed by atoms with van der Waals surface area (Å²) in [6.07, 6.45) is 0.913.